The highest BCUT2D eigenvalue weighted by atomic mass is 16.4. The van der Waals surface area contributed by atoms with Crippen LogP contribution in [0.3, 0.4) is 0 Å². The lowest BCUT2D eigenvalue weighted by Gasteiger charge is -2.08. The fraction of sp³-hybridized carbons (Fsp3) is 0.222. The molecule has 0 heterocycles. The minimum absolute atomic E-state index is 0.131. The van der Waals surface area contributed by atoms with Gasteiger partial charge in [-0.25, -0.2) is 0 Å². The van der Waals surface area contributed by atoms with E-state index in [0.717, 1.165) is 0 Å². The lowest BCUT2D eigenvalue weighted by molar-refractivity contribution is -0.137. The first-order valence-corrected chi connectivity index (χ1v) is 4.04. The topological polar surface area (TPSA) is 92.8 Å². The summed E-state index contributed by atoms with van der Waals surface area (Å²) in [7, 11) is 0. The van der Waals surface area contributed by atoms with Crippen LogP contribution in [0.1, 0.15) is 18.0 Å². The van der Waals surface area contributed by atoms with Gasteiger partial charge in [0.25, 0.3) is 0 Å². The third-order valence-corrected chi connectivity index (χ3v) is 1.82. The summed E-state index contributed by atoms with van der Waals surface area (Å²) in [5, 5.41) is 11.2. The Morgan fingerprint density at radius 3 is 2.43 bits per heavy atom. The molecule has 14 heavy (non-hydrogen) atoms. The second-order valence-electron chi connectivity index (χ2n) is 2.89. The number of carboxylic acids is 1. The van der Waals surface area contributed by atoms with Gasteiger partial charge in [-0.2, -0.15) is 0 Å². The van der Waals surface area contributed by atoms with Gasteiger partial charge in [0.1, 0.15) is 5.69 Å². The Kier molecular flexibility index (Phi) is 3.30. The molecule has 1 aromatic rings. The summed E-state index contributed by atoms with van der Waals surface area (Å²) < 4.78 is 0. The van der Waals surface area contributed by atoms with Gasteiger partial charge in [0.2, 0.25) is 0 Å². The van der Waals surface area contributed by atoms with E-state index >= 15 is 0 Å². The molecule has 1 rings (SSSR count). The summed E-state index contributed by atoms with van der Waals surface area (Å²) in [5.41, 5.74) is 6.58. The number of benzene rings is 1. The molecule has 0 aliphatic carbocycles. The maximum absolute atomic E-state index is 10.4. The Morgan fingerprint density at radius 1 is 1.43 bits per heavy atom. The van der Waals surface area contributed by atoms with Crippen molar-refractivity contribution in [3.63, 3.8) is 0 Å². The number of nitroso groups, excluding NO2 is 1. The molecule has 1 unspecified atom stereocenters. The maximum atomic E-state index is 10.4. The van der Waals surface area contributed by atoms with E-state index in [-0.39, 0.29) is 6.42 Å². The zero-order valence-corrected chi connectivity index (χ0v) is 7.38. The fourth-order valence-electron chi connectivity index (χ4n) is 1.09. The number of hydrogen-bond donors (Lipinski definition) is 2. The van der Waals surface area contributed by atoms with Gasteiger partial charge >= 0.3 is 5.97 Å². The van der Waals surface area contributed by atoms with E-state index in [0.29, 0.717) is 11.3 Å². The molecule has 5 heteroatoms. The van der Waals surface area contributed by atoms with Crippen molar-refractivity contribution in [1.82, 2.24) is 0 Å². The third kappa shape index (κ3) is 2.63. The monoisotopic (exact) mass is 194 g/mol. The quantitative estimate of drug-likeness (QED) is 0.711. The van der Waals surface area contributed by atoms with E-state index in [1.54, 1.807) is 12.1 Å². The van der Waals surface area contributed by atoms with Gasteiger partial charge in [0.15, 0.2) is 0 Å². The number of nitrogens with zero attached hydrogens (tertiary/aromatic N) is 1. The number of rotatable bonds is 4. The average molecular weight is 194 g/mol. The molecule has 0 radical (unpaired) electrons. The predicted octanol–water partition coefficient (Wildman–Crippen LogP) is 1.56. The molecular weight excluding hydrogens is 184 g/mol. The van der Waals surface area contributed by atoms with Crippen LogP contribution in [0, 0.1) is 4.91 Å². The zero-order chi connectivity index (χ0) is 10.6. The summed E-state index contributed by atoms with van der Waals surface area (Å²) >= 11 is 0. The Balaban J connectivity index is 2.75. The molecule has 5 nitrogen and oxygen atoms in total. The highest BCUT2D eigenvalue weighted by molar-refractivity contribution is 5.67. The van der Waals surface area contributed by atoms with Crippen LogP contribution in [0.5, 0.6) is 0 Å². The largest absolute Gasteiger partial charge is 0.481 e. The van der Waals surface area contributed by atoms with Crippen LogP contribution >= 0.6 is 0 Å². The van der Waals surface area contributed by atoms with Gasteiger partial charge in [-0.15, -0.1) is 4.91 Å². The first kappa shape index (κ1) is 10.3. The predicted molar refractivity (Wildman–Crippen MR) is 51.1 cm³/mol. The average Bonchev–Trinajstić information content (AvgIpc) is 2.17. The molecule has 0 amide bonds. The molecule has 3 N–H and O–H groups in total. The van der Waals surface area contributed by atoms with Gasteiger partial charge < -0.3 is 10.8 Å². The molecule has 74 valence electrons. The molecule has 0 aromatic heterocycles. The molecule has 0 fully saturated rings. The minimum Gasteiger partial charge on any atom is -0.481 e. The molecule has 0 spiro atoms. The first-order valence-electron chi connectivity index (χ1n) is 4.04. The fourth-order valence-corrected chi connectivity index (χ4v) is 1.09. The smallest absolute Gasteiger partial charge is 0.305 e. The molecule has 0 aliphatic heterocycles. The van der Waals surface area contributed by atoms with Crippen molar-refractivity contribution in [3.8, 4) is 0 Å². The Hall–Kier alpha value is -1.75. The molecule has 0 saturated carbocycles. The minimum atomic E-state index is -0.949. The summed E-state index contributed by atoms with van der Waals surface area (Å²) in [5.74, 6) is -0.949. The van der Waals surface area contributed by atoms with Crippen molar-refractivity contribution in [3.05, 3.63) is 34.7 Å². The summed E-state index contributed by atoms with van der Waals surface area (Å²) in [6.45, 7) is 0. The van der Waals surface area contributed by atoms with Crippen molar-refractivity contribution in [2.75, 3.05) is 0 Å². The van der Waals surface area contributed by atoms with Crippen LogP contribution in [-0.2, 0) is 4.79 Å². The Labute approximate surface area is 80.5 Å². The molecule has 0 aliphatic rings. The second kappa shape index (κ2) is 4.48. The van der Waals surface area contributed by atoms with E-state index in [1.165, 1.54) is 12.1 Å². The summed E-state index contributed by atoms with van der Waals surface area (Å²) in [6, 6.07) is 5.66. The van der Waals surface area contributed by atoms with E-state index in [2.05, 4.69) is 5.18 Å². The van der Waals surface area contributed by atoms with Gasteiger partial charge in [-0.05, 0) is 22.9 Å². The lowest BCUT2D eigenvalue weighted by atomic mass is 10.0. The lowest BCUT2D eigenvalue weighted by Crippen LogP contribution is -2.14. The van der Waals surface area contributed by atoms with E-state index in [4.69, 9.17) is 10.8 Å². The normalized spacial score (nSPS) is 12.1. The van der Waals surface area contributed by atoms with Crippen LogP contribution in [0.15, 0.2) is 29.4 Å². The van der Waals surface area contributed by atoms with Crippen LogP contribution in [0.4, 0.5) is 5.69 Å². The maximum Gasteiger partial charge on any atom is 0.305 e. The van der Waals surface area contributed by atoms with Crippen molar-refractivity contribution >= 4 is 11.7 Å². The summed E-state index contributed by atoms with van der Waals surface area (Å²) in [6.07, 6.45) is -0.131. The highest BCUT2D eigenvalue weighted by Gasteiger charge is 2.09. The zero-order valence-electron chi connectivity index (χ0n) is 7.38. The Morgan fingerprint density at radius 2 is 2.00 bits per heavy atom. The van der Waals surface area contributed by atoms with Crippen LogP contribution in [0.2, 0.25) is 0 Å². The van der Waals surface area contributed by atoms with Crippen LogP contribution in [0.25, 0.3) is 0 Å². The highest BCUT2D eigenvalue weighted by Crippen LogP contribution is 2.18. The number of aliphatic carboxylic acids is 1. The Bertz CT molecular complexity index is 334. The van der Waals surface area contributed by atoms with Gasteiger partial charge in [0.05, 0.1) is 6.42 Å². The van der Waals surface area contributed by atoms with E-state index in [1.807, 2.05) is 0 Å². The van der Waals surface area contributed by atoms with Crippen molar-refractivity contribution in [2.24, 2.45) is 10.9 Å². The molecule has 0 bridgehead atoms. The van der Waals surface area contributed by atoms with Gasteiger partial charge in [0, 0.05) is 6.04 Å². The number of carboxylic acid groups (broad SMARTS) is 1. The van der Waals surface area contributed by atoms with Gasteiger partial charge in [-0.1, -0.05) is 12.1 Å². The number of hydrogen-bond acceptors (Lipinski definition) is 4. The van der Waals surface area contributed by atoms with Crippen molar-refractivity contribution in [2.45, 2.75) is 12.5 Å². The SMILES string of the molecule is NC(CC(=O)O)c1ccc(N=O)cc1. The summed E-state index contributed by atoms with van der Waals surface area (Å²) in [4.78, 5) is 20.4. The molecule has 1 atom stereocenters. The van der Waals surface area contributed by atoms with E-state index < -0.39 is 12.0 Å². The third-order valence-electron chi connectivity index (χ3n) is 1.82. The van der Waals surface area contributed by atoms with Crippen molar-refractivity contribution in [1.29, 1.82) is 0 Å². The van der Waals surface area contributed by atoms with Crippen LogP contribution in [-0.4, -0.2) is 11.1 Å². The van der Waals surface area contributed by atoms with E-state index in [9.17, 15) is 9.70 Å². The second-order valence-corrected chi connectivity index (χ2v) is 2.89. The van der Waals surface area contributed by atoms with Crippen molar-refractivity contribution < 1.29 is 9.90 Å². The number of nitrogens with two attached hydrogens (primary N) is 1. The number of carbonyl (C=O) groups is 1. The van der Waals surface area contributed by atoms with Gasteiger partial charge in [-0.3, -0.25) is 4.79 Å². The molecule has 0 saturated heterocycles. The standard InChI is InChI=1S/C9H10N2O3/c10-8(5-9(12)13)6-1-3-7(11-14)4-2-6/h1-4,8H,5,10H2,(H,12,13). The van der Waals surface area contributed by atoms with Crippen LogP contribution < -0.4 is 5.73 Å². The molecule has 1 aromatic carbocycles. The molecular formula is C9H10N2O3. The first-order chi connectivity index (χ1) is 6.63.